The second-order valence-electron chi connectivity index (χ2n) is 5.49. The number of benzene rings is 2. The molecule has 0 saturated carbocycles. The predicted molar refractivity (Wildman–Crippen MR) is 101 cm³/mol. The minimum absolute atomic E-state index is 0.602. The lowest BCUT2D eigenvalue weighted by Crippen LogP contribution is -2.09. The second kappa shape index (κ2) is 9.59. The first-order valence-corrected chi connectivity index (χ1v) is 8.57. The lowest BCUT2D eigenvalue weighted by atomic mass is 10.1. The number of hydrogen-bond donors (Lipinski definition) is 2. The molecule has 0 aliphatic rings. The number of hydrogen-bond acceptors (Lipinski definition) is 4. The minimum Gasteiger partial charge on any atom is -0.492 e. The Bertz CT molecular complexity index is 927. The SMILES string of the molecule is CCc1cc(OCCn2cnc3ccccc32)ccc1Cl.O=C(O)C(=O)O. The van der Waals surface area contributed by atoms with Gasteiger partial charge in [0, 0.05) is 5.02 Å². The molecule has 142 valence electrons. The Hall–Kier alpha value is -3.06. The van der Waals surface area contributed by atoms with Gasteiger partial charge in [0.2, 0.25) is 0 Å². The van der Waals surface area contributed by atoms with E-state index in [0.29, 0.717) is 6.61 Å². The molecule has 3 aromatic rings. The van der Waals surface area contributed by atoms with Crippen molar-refractivity contribution < 1.29 is 24.5 Å². The molecule has 0 spiro atoms. The topological polar surface area (TPSA) is 102 Å². The molecule has 0 atom stereocenters. The number of carboxylic acids is 2. The van der Waals surface area contributed by atoms with Gasteiger partial charge < -0.3 is 19.5 Å². The first-order valence-electron chi connectivity index (χ1n) is 8.19. The molecule has 0 unspecified atom stereocenters. The Morgan fingerprint density at radius 3 is 2.52 bits per heavy atom. The Morgan fingerprint density at radius 1 is 1.15 bits per heavy atom. The number of carbonyl (C=O) groups is 2. The van der Waals surface area contributed by atoms with Gasteiger partial charge in [0.05, 0.1) is 23.9 Å². The summed E-state index contributed by atoms with van der Waals surface area (Å²) in [5.41, 5.74) is 3.26. The maximum Gasteiger partial charge on any atom is 0.414 e. The summed E-state index contributed by atoms with van der Waals surface area (Å²) in [5.74, 6) is -2.79. The number of para-hydroxylation sites is 2. The fraction of sp³-hybridized carbons (Fsp3) is 0.211. The summed E-state index contributed by atoms with van der Waals surface area (Å²) < 4.78 is 7.92. The van der Waals surface area contributed by atoms with E-state index in [1.807, 2.05) is 42.7 Å². The van der Waals surface area contributed by atoms with Gasteiger partial charge in [-0.05, 0) is 42.3 Å². The van der Waals surface area contributed by atoms with E-state index in [9.17, 15) is 0 Å². The van der Waals surface area contributed by atoms with E-state index in [1.54, 1.807) is 0 Å². The van der Waals surface area contributed by atoms with Crippen LogP contribution in [-0.2, 0) is 22.6 Å². The molecule has 7 nitrogen and oxygen atoms in total. The first kappa shape index (κ1) is 20.3. The van der Waals surface area contributed by atoms with E-state index in [2.05, 4.69) is 22.5 Å². The van der Waals surface area contributed by atoms with E-state index in [1.165, 1.54) is 0 Å². The van der Waals surface area contributed by atoms with E-state index in [4.69, 9.17) is 36.1 Å². The van der Waals surface area contributed by atoms with Crippen molar-refractivity contribution in [3.8, 4) is 5.75 Å². The summed E-state index contributed by atoms with van der Waals surface area (Å²) in [4.78, 5) is 22.6. The molecular formula is C19H19ClN2O5. The molecule has 0 fully saturated rings. The van der Waals surface area contributed by atoms with Gasteiger partial charge >= 0.3 is 11.9 Å². The van der Waals surface area contributed by atoms with Gasteiger partial charge in [-0.2, -0.15) is 0 Å². The molecule has 2 N–H and O–H groups in total. The Morgan fingerprint density at radius 2 is 1.85 bits per heavy atom. The third-order valence-corrected chi connectivity index (χ3v) is 4.08. The Kier molecular flexibility index (Phi) is 7.19. The van der Waals surface area contributed by atoms with Gasteiger partial charge in [-0.1, -0.05) is 30.7 Å². The maximum absolute atomic E-state index is 9.10. The van der Waals surface area contributed by atoms with Crippen molar-refractivity contribution >= 4 is 34.6 Å². The first-order chi connectivity index (χ1) is 12.9. The quantitative estimate of drug-likeness (QED) is 0.646. The molecule has 0 aliphatic carbocycles. The number of rotatable bonds is 5. The van der Waals surface area contributed by atoms with Crippen LogP contribution in [0.2, 0.25) is 5.02 Å². The lowest BCUT2D eigenvalue weighted by Gasteiger charge is -2.09. The van der Waals surface area contributed by atoms with Crippen molar-refractivity contribution in [1.29, 1.82) is 0 Å². The Balaban J connectivity index is 0.000000380. The van der Waals surface area contributed by atoms with Crippen LogP contribution in [0.5, 0.6) is 5.75 Å². The summed E-state index contributed by atoms with van der Waals surface area (Å²) in [6, 6.07) is 13.9. The molecule has 3 rings (SSSR count). The van der Waals surface area contributed by atoms with Gasteiger partial charge in [0.15, 0.2) is 0 Å². The highest BCUT2D eigenvalue weighted by molar-refractivity contribution is 6.31. The van der Waals surface area contributed by atoms with Crippen LogP contribution in [0.3, 0.4) is 0 Å². The van der Waals surface area contributed by atoms with E-state index < -0.39 is 11.9 Å². The second-order valence-corrected chi connectivity index (χ2v) is 5.90. The van der Waals surface area contributed by atoms with Crippen LogP contribution >= 0.6 is 11.6 Å². The van der Waals surface area contributed by atoms with Crippen LogP contribution in [0.25, 0.3) is 11.0 Å². The molecular weight excluding hydrogens is 372 g/mol. The molecule has 0 saturated heterocycles. The summed E-state index contributed by atoms with van der Waals surface area (Å²) >= 11 is 6.11. The normalized spacial score (nSPS) is 10.1. The minimum atomic E-state index is -1.82. The van der Waals surface area contributed by atoms with Crippen molar-refractivity contribution in [2.24, 2.45) is 0 Å². The van der Waals surface area contributed by atoms with Crippen molar-refractivity contribution in [1.82, 2.24) is 9.55 Å². The number of fused-ring (bicyclic) bond motifs is 1. The average molecular weight is 391 g/mol. The van der Waals surface area contributed by atoms with Crippen LogP contribution in [0.4, 0.5) is 0 Å². The maximum atomic E-state index is 9.10. The lowest BCUT2D eigenvalue weighted by molar-refractivity contribution is -0.159. The number of aliphatic carboxylic acids is 2. The zero-order valence-electron chi connectivity index (χ0n) is 14.6. The molecule has 8 heteroatoms. The van der Waals surface area contributed by atoms with E-state index >= 15 is 0 Å². The molecule has 0 radical (unpaired) electrons. The molecule has 0 bridgehead atoms. The third kappa shape index (κ3) is 5.72. The average Bonchev–Trinajstić information content (AvgIpc) is 3.07. The highest BCUT2D eigenvalue weighted by Gasteiger charge is 2.04. The van der Waals surface area contributed by atoms with Crippen LogP contribution in [0.15, 0.2) is 48.8 Å². The van der Waals surface area contributed by atoms with Gasteiger partial charge in [0.1, 0.15) is 12.4 Å². The Labute approximate surface area is 160 Å². The fourth-order valence-corrected chi connectivity index (χ4v) is 2.61. The molecule has 27 heavy (non-hydrogen) atoms. The van der Waals surface area contributed by atoms with Crippen LogP contribution in [-0.4, -0.2) is 38.3 Å². The number of aromatic nitrogens is 2. The number of ether oxygens (including phenoxy) is 1. The number of halogens is 1. The van der Waals surface area contributed by atoms with Crippen LogP contribution in [0, 0.1) is 0 Å². The molecule has 0 aliphatic heterocycles. The van der Waals surface area contributed by atoms with Crippen LogP contribution in [0.1, 0.15) is 12.5 Å². The standard InChI is InChI=1S/C17H17ClN2O.C2H2O4/c1-2-13-11-14(7-8-15(13)18)21-10-9-20-12-19-16-5-3-4-6-17(16)20;3-1(4)2(5)6/h3-8,11-12H,2,9-10H2,1H3;(H,3,4)(H,5,6). The molecule has 1 aromatic heterocycles. The smallest absolute Gasteiger partial charge is 0.414 e. The fourth-order valence-electron chi connectivity index (χ4n) is 2.36. The number of nitrogens with zero attached hydrogens (tertiary/aromatic N) is 2. The largest absolute Gasteiger partial charge is 0.492 e. The van der Waals surface area contributed by atoms with E-state index in [0.717, 1.165) is 40.3 Å². The van der Waals surface area contributed by atoms with Crippen molar-refractivity contribution in [3.05, 3.63) is 59.4 Å². The highest BCUT2D eigenvalue weighted by Crippen LogP contribution is 2.22. The summed E-state index contributed by atoms with van der Waals surface area (Å²) in [5, 5.41) is 15.6. The highest BCUT2D eigenvalue weighted by atomic mass is 35.5. The summed E-state index contributed by atoms with van der Waals surface area (Å²) in [6.45, 7) is 3.46. The number of carboxylic acid groups (broad SMARTS) is 2. The molecule has 2 aromatic carbocycles. The van der Waals surface area contributed by atoms with E-state index in [-0.39, 0.29) is 0 Å². The molecule has 1 heterocycles. The monoisotopic (exact) mass is 390 g/mol. The third-order valence-electron chi connectivity index (χ3n) is 3.71. The van der Waals surface area contributed by atoms with Gasteiger partial charge in [-0.25, -0.2) is 14.6 Å². The molecule has 0 amide bonds. The van der Waals surface area contributed by atoms with Crippen molar-refractivity contribution in [2.75, 3.05) is 6.61 Å². The summed E-state index contributed by atoms with van der Waals surface area (Å²) in [7, 11) is 0. The van der Waals surface area contributed by atoms with Crippen molar-refractivity contribution in [2.45, 2.75) is 19.9 Å². The number of imidazole rings is 1. The van der Waals surface area contributed by atoms with Gasteiger partial charge in [-0.3, -0.25) is 0 Å². The van der Waals surface area contributed by atoms with Gasteiger partial charge in [0.25, 0.3) is 0 Å². The zero-order chi connectivity index (χ0) is 19.8. The van der Waals surface area contributed by atoms with Crippen LogP contribution < -0.4 is 4.74 Å². The van der Waals surface area contributed by atoms with Gasteiger partial charge in [-0.15, -0.1) is 0 Å². The summed E-state index contributed by atoms with van der Waals surface area (Å²) in [6.07, 6.45) is 2.76. The number of aryl methyl sites for hydroxylation is 1. The predicted octanol–water partition coefficient (Wildman–Crippen LogP) is 3.49. The van der Waals surface area contributed by atoms with Crippen molar-refractivity contribution in [3.63, 3.8) is 0 Å². The zero-order valence-corrected chi connectivity index (χ0v) is 15.4.